The molecule has 144 valence electrons. The molecule has 0 amide bonds. The van der Waals surface area contributed by atoms with Crippen LogP contribution in [0, 0.1) is 0 Å². The van der Waals surface area contributed by atoms with Crippen molar-refractivity contribution in [2.75, 3.05) is 29.6 Å². The lowest BCUT2D eigenvalue weighted by molar-refractivity contribution is 0.0522. The predicted octanol–water partition coefficient (Wildman–Crippen LogP) is 4.35. The van der Waals surface area contributed by atoms with Gasteiger partial charge in [-0.3, -0.25) is 4.98 Å². The summed E-state index contributed by atoms with van der Waals surface area (Å²) in [5, 5.41) is 6.58. The number of hydrogen-bond donors (Lipinski definition) is 3. The highest BCUT2D eigenvalue weighted by Gasteiger charge is 2.18. The van der Waals surface area contributed by atoms with Crippen LogP contribution in [0.25, 0.3) is 0 Å². The highest BCUT2D eigenvalue weighted by Crippen LogP contribution is 2.32. The highest BCUT2D eigenvalue weighted by atomic mass is 35.5. The maximum atomic E-state index is 12.2. The van der Waals surface area contributed by atoms with Gasteiger partial charge in [-0.25, -0.2) is 4.79 Å². The van der Waals surface area contributed by atoms with Gasteiger partial charge in [0, 0.05) is 18.5 Å². The lowest BCUT2D eigenvalue weighted by Crippen LogP contribution is -2.21. The molecule has 1 aromatic heterocycles. The Morgan fingerprint density at radius 2 is 1.85 bits per heavy atom. The first-order chi connectivity index (χ1) is 12.9. The summed E-state index contributed by atoms with van der Waals surface area (Å²) in [4.78, 5) is 16.1. The van der Waals surface area contributed by atoms with Gasteiger partial charge in [-0.15, -0.1) is 0 Å². The largest absolute Gasteiger partial charge is 0.493 e. The molecule has 10 heteroatoms. The van der Waals surface area contributed by atoms with Crippen LogP contribution < -0.4 is 21.1 Å². The molecular formula is C17H18Cl2N4O3S. The number of rotatable bonds is 6. The minimum atomic E-state index is -0.525. The Labute approximate surface area is 172 Å². The second-order valence-corrected chi connectivity index (χ2v) is 6.37. The van der Waals surface area contributed by atoms with Crippen LogP contribution in [-0.2, 0) is 4.74 Å². The van der Waals surface area contributed by atoms with Crippen LogP contribution in [-0.4, -0.2) is 29.3 Å². The number of nitrogen functional groups attached to an aromatic ring is 1. The molecule has 0 bridgehead atoms. The molecule has 27 heavy (non-hydrogen) atoms. The van der Waals surface area contributed by atoms with E-state index in [0.717, 1.165) is 0 Å². The molecule has 0 spiro atoms. The van der Waals surface area contributed by atoms with Gasteiger partial charge in [0.15, 0.2) is 5.11 Å². The van der Waals surface area contributed by atoms with Crippen molar-refractivity contribution in [2.24, 2.45) is 0 Å². The number of nitrogens with zero attached hydrogens (tertiary/aromatic N) is 1. The summed E-state index contributed by atoms with van der Waals surface area (Å²) >= 11 is 17.4. The topological polar surface area (TPSA) is 98.5 Å². The first-order valence-electron chi connectivity index (χ1n) is 7.97. The molecule has 7 nitrogen and oxygen atoms in total. The summed E-state index contributed by atoms with van der Waals surface area (Å²) in [7, 11) is 0. The van der Waals surface area contributed by atoms with E-state index < -0.39 is 5.97 Å². The van der Waals surface area contributed by atoms with Crippen molar-refractivity contribution in [3.63, 3.8) is 0 Å². The molecule has 2 rings (SSSR count). The van der Waals surface area contributed by atoms with Crippen molar-refractivity contribution < 1.29 is 14.3 Å². The molecule has 4 N–H and O–H groups in total. The summed E-state index contributed by atoms with van der Waals surface area (Å²) < 4.78 is 10.5. The first kappa shape index (κ1) is 21.0. The van der Waals surface area contributed by atoms with Crippen molar-refractivity contribution in [2.45, 2.75) is 13.8 Å². The molecule has 0 saturated heterocycles. The number of aromatic nitrogens is 1. The Hall–Kier alpha value is -2.29. The second-order valence-electron chi connectivity index (χ2n) is 5.15. The molecule has 0 aliphatic heterocycles. The fraction of sp³-hybridized carbons (Fsp3) is 0.235. The molecule has 0 radical (unpaired) electrons. The van der Waals surface area contributed by atoms with Crippen LogP contribution in [0.1, 0.15) is 24.2 Å². The number of esters is 1. The van der Waals surface area contributed by atoms with Crippen LogP contribution in [0.5, 0.6) is 5.75 Å². The molecule has 0 unspecified atom stereocenters. The maximum absolute atomic E-state index is 12.2. The Kier molecular flexibility index (Phi) is 7.46. The zero-order chi connectivity index (χ0) is 20.0. The van der Waals surface area contributed by atoms with E-state index in [1.165, 1.54) is 24.5 Å². The van der Waals surface area contributed by atoms with Gasteiger partial charge in [-0.1, -0.05) is 23.2 Å². The van der Waals surface area contributed by atoms with Crippen molar-refractivity contribution in [3.8, 4) is 5.75 Å². The maximum Gasteiger partial charge on any atom is 0.341 e. The number of halogens is 2. The third kappa shape index (κ3) is 5.35. The SMILES string of the molecule is CCOC(=O)c1cc(NC(=S)Nc2c(Cl)cncc2Cl)c(N)cc1OCC. The summed E-state index contributed by atoms with van der Waals surface area (Å²) in [6.45, 7) is 4.13. The zero-order valence-electron chi connectivity index (χ0n) is 14.6. The number of carbonyl (C=O) groups excluding carboxylic acids is 1. The monoisotopic (exact) mass is 428 g/mol. The van der Waals surface area contributed by atoms with Crippen molar-refractivity contribution in [1.82, 2.24) is 4.98 Å². The number of nitrogens with two attached hydrogens (primary N) is 1. The molecular weight excluding hydrogens is 411 g/mol. The van der Waals surface area contributed by atoms with Gasteiger partial charge in [0.25, 0.3) is 0 Å². The van der Waals surface area contributed by atoms with E-state index >= 15 is 0 Å². The number of ether oxygens (including phenoxy) is 2. The summed E-state index contributed by atoms with van der Waals surface area (Å²) in [6, 6.07) is 3.05. The number of pyridine rings is 1. The van der Waals surface area contributed by atoms with E-state index in [2.05, 4.69) is 15.6 Å². The third-order valence-corrected chi connectivity index (χ3v) is 4.06. The Morgan fingerprint density at radius 1 is 1.19 bits per heavy atom. The van der Waals surface area contributed by atoms with Gasteiger partial charge < -0.3 is 25.8 Å². The Balaban J connectivity index is 2.28. The molecule has 0 saturated carbocycles. The molecule has 1 aromatic carbocycles. The van der Waals surface area contributed by atoms with Crippen LogP contribution in [0.4, 0.5) is 17.1 Å². The quantitative estimate of drug-likeness (QED) is 0.354. The Morgan fingerprint density at radius 3 is 2.44 bits per heavy atom. The number of anilines is 3. The van der Waals surface area contributed by atoms with E-state index in [1.54, 1.807) is 13.8 Å². The zero-order valence-corrected chi connectivity index (χ0v) is 17.0. The smallest absolute Gasteiger partial charge is 0.341 e. The third-order valence-electron chi connectivity index (χ3n) is 3.29. The molecule has 2 aromatic rings. The van der Waals surface area contributed by atoms with Gasteiger partial charge in [0.2, 0.25) is 0 Å². The lowest BCUT2D eigenvalue weighted by Gasteiger charge is -2.17. The van der Waals surface area contributed by atoms with Crippen LogP contribution in [0.3, 0.4) is 0 Å². The Bertz CT molecular complexity index is 844. The van der Waals surface area contributed by atoms with Gasteiger partial charge >= 0.3 is 5.97 Å². The molecule has 1 heterocycles. The molecule has 0 aliphatic carbocycles. The van der Waals surface area contributed by atoms with E-state index in [4.69, 9.17) is 50.6 Å². The molecule has 0 aliphatic rings. The highest BCUT2D eigenvalue weighted by molar-refractivity contribution is 7.80. The minimum Gasteiger partial charge on any atom is -0.493 e. The van der Waals surface area contributed by atoms with Crippen LogP contribution >= 0.6 is 35.4 Å². The predicted molar refractivity (Wildman–Crippen MR) is 112 cm³/mol. The van der Waals surface area contributed by atoms with Gasteiger partial charge in [0.1, 0.15) is 11.3 Å². The first-order valence-corrected chi connectivity index (χ1v) is 9.14. The van der Waals surface area contributed by atoms with E-state index in [1.807, 2.05) is 0 Å². The number of nitrogens with one attached hydrogen (secondary N) is 2. The van der Waals surface area contributed by atoms with E-state index in [0.29, 0.717) is 39.5 Å². The number of thiocarbonyl (C=S) groups is 1. The summed E-state index contributed by atoms with van der Waals surface area (Å²) in [5.41, 5.74) is 7.43. The molecule has 0 fully saturated rings. The van der Waals surface area contributed by atoms with E-state index in [-0.39, 0.29) is 17.3 Å². The average Bonchev–Trinajstić information content (AvgIpc) is 2.61. The average molecular weight is 429 g/mol. The minimum absolute atomic E-state index is 0.177. The summed E-state index contributed by atoms with van der Waals surface area (Å²) in [5.74, 6) is -0.193. The fourth-order valence-electron chi connectivity index (χ4n) is 2.14. The van der Waals surface area contributed by atoms with Gasteiger partial charge in [0.05, 0.1) is 40.3 Å². The van der Waals surface area contributed by atoms with E-state index in [9.17, 15) is 4.79 Å². The number of carbonyl (C=O) groups is 1. The fourth-order valence-corrected chi connectivity index (χ4v) is 2.82. The van der Waals surface area contributed by atoms with Crippen LogP contribution in [0.2, 0.25) is 10.0 Å². The standard InChI is InChI=1S/C17H18Cl2N4O3S/c1-3-25-14-6-12(20)13(5-9(14)16(24)26-4-2)22-17(27)23-15-10(18)7-21-8-11(15)19/h5-8H,3-4,20H2,1-2H3,(H2,21,22,23,27). The van der Waals surface area contributed by atoms with Crippen molar-refractivity contribution >= 4 is 63.6 Å². The van der Waals surface area contributed by atoms with Crippen molar-refractivity contribution in [1.29, 1.82) is 0 Å². The van der Waals surface area contributed by atoms with Gasteiger partial charge in [-0.2, -0.15) is 0 Å². The summed E-state index contributed by atoms with van der Waals surface area (Å²) in [6.07, 6.45) is 2.87. The molecule has 0 atom stereocenters. The van der Waals surface area contributed by atoms with Crippen molar-refractivity contribution in [3.05, 3.63) is 40.1 Å². The van der Waals surface area contributed by atoms with Crippen LogP contribution in [0.15, 0.2) is 24.5 Å². The normalized spacial score (nSPS) is 10.2. The number of hydrogen-bond acceptors (Lipinski definition) is 6. The van der Waals surface area contributed by atoms with Gasteiger partial charge in [-0.05, 0) is 32.1 Å². The lowest BCUT2D eigenvalue weighted by atomic mass is 10.1. The number of benzene rings is 1. The second kappa shape index (κ2) is 9.59.